The second kappa shape index (κ2) is 1.64. The first kappa shape index (κ1) is 0.911. The van der Waals surface area contributed by atoms with Crippen LogP contribution in [0.15, 0.2) is 0 Å². The fourth-order valence-corrected chi connectivity index (χ4v) is 0. The molecule has 2 amide bonds. The maximum absolute atomic E-state index is 10.4. The highest BCUT2D eigenvalue weighted by atomic mass is 16.2. The summed E-state index contributed by atoms with van der Waals surface area (Å²) in [5, 5.41) is 0. The molecule has 3 heteroatoms. The SMILES string of the molecule is [2H]C([2H])([2H])N(C(N)=O)C([2H])([2H])[2H]. The molecule has 0 aliphatic heterocycles. The molecule has 0 aliphatic carbocycles. The van der Waals surface area contributed by atoms with Gasteiger partial charge in [-0.15, -0.1) is 0 Å². The lowest BCUT2D eigenvalue weighted by molar-refractivity contribution is 0.227. The largest absolute Gasteiger partial charge is 0.352 e. The van der Waals surface area contributed by atoms with Crippen LogP contribution in [0.3, 0.4) is 0 Å². The van der Waals surface area contributed by atoms with E-state index in [4.69, 9.17) is 8.22 Å². The van der Waals surface area contributed by atoms with E-state index in [0.29, 0.717) is 0 Å². The first-order valence-electron chi connectivity index (χ1n) is 4.16. The normalized spacial score (nSPS) is 26.7. The summed E-state index contributed by atoms with van der Waals surface area (Å²) in [6, 6.07) is -1.49. The number of amides is 2. The van der Waals surface area contributed by atoms with Crippen LogP contribution >= 0.6 is 0 Å². The van der Waals surface area contributed by atoms with Crippen LogP contribution in [0.4, 0.5) is 4.79 Å². The lowest BCUT2D eigenvalue weighted by Gasteiger charge is -2.01. The van der Waals surface area contributed by atoms with E-state index in [0.717, 1.165) is 0 Å². The topological polar surface area (TPSA) is 46.3 Å². The molecule has 3 nitrogen and oxygen atoms in total. The van der Waals surface area contributed by atoms with Crippen molar-refractivity contribution in [1.29, 1.82) is 0 Å². The lowest BCUT2D eigenvalue weighted by atomic mass is 10.9. The average molecular weight is 94.1 g/mol. The molecule has 0 spiro atoms. The van der Waals surface area contributed by atoms with Crippen molar-refractivity contribution in [2.45, 2.75) is 0 Å². The number of rotatable bonds is 0. The average Bonchev–Trinajstić information content (AvgIpc) is 1.49. The molecule has 0 unspecified atom stereocenters. The third-order valence-corrected chi connectivity index (χ3v) is 0.220. The zero-order valence-corrected chi connectivity index (χ0v) is 2.93. The monoisotopic (exact) mass is 94.1 g/mol. The predicted molar refractivity (Wildman–Crippen MR) is 23.3 cm³/mol. The molecule has 0 saturated carbocycles. The van der Waals surface area contributed by atoms with Crippen LogP contribution in [-0.2, 0) is 0 Å². The van der Waals surface area contributed by atoms with Crippen molar-refractivity contribution >= 4 is 6.03 Å². The third kappa shape index (κ3) is 1.58. The van der Waals surface area contributed by atoms with Gasteiger partial charge in [-0.3, -0.25) is 0 Å². The lowest BCUT2D eigenvalue weighted by Crippen LogP contribution is -2.27. The van der Waals surface area contributed by atoms with Crippen molar-refractivity contribution < 1.29 is 13.0 Å². The molecule has 6 heavy (non-hydrogen) atoms. The Balaban J connectivity index is 4.82. The summed E-state index contributed by atoms with van der Waals surface area (Å²) in [6.07, 6.45) is 0. The van der Waals surface area contributed by atoms with E-state index in [-0.39, 0.29) is 4.90 Å². The molecular formula is C3H8N2O. The Hall–Kier alpha value is -0.730. The Labute approximate surface area is 45.2 Å². The van der Waals surface area contributed by atoms with Crippen LogP contribution in [0, 0.1) is 0 Å². The van der Waals surface area contributed by atoms with E-state index < -0.39 is 20.0 Å². The molecule has 0 atom stereocenters. The second-order valence-electron chi connectivity index (χ2n) is 0.674. The summed E-state index contributed by atoms with van der Waals surface area (Å²) in [6.45, 7) is -6.06. The highest BCUT2D eigenvalue weighted by Gasteiger charge is 1.88. The Morgan fingerprint density at radius 3 is 2.50 bits per heavy atom. The Morgan fingerprint density at radius 1 is 2.00 bits per heavy atom. The molecule has 0 rings (SSSR count). The van der Waals surface area contributed by atoms with E-state index in [1.165, 1.54) is 0 Å². The highest BCUT2D eigenvalue weighted by molar-refractivity contribution is 5.71. The summed E-state index contributed by atoms with van der Waals surface area (Å²) in [4.78, 5) is 10.1. The van der Waals surface area contributed by atoms with Crippen molar-refractivity contribution in [3.8, 4) is 0 Å². The number of urea groups is 1. The number of nitrogens with zero attached hydrogens (tertiary/aromatic N) is 1. The molecular weight excluding hydrogens is 80.0 g/mol. The summed E-state index contributed by atoms with van der Waals surface area (Å²) >= 11 is 0. The van der Waals surface area contributed by atoms with Crippen molar-refractivity contribution in [2.24, 2.45) is 5.73 Å². The van der Waals surface area contributed by atoms with Crippen LogP contribution in [0.2, 0.25) is 0 Å². The van der Waals surface area contributed by atoms with Crippen molar-refractivity contribution in [3.63, 3.8) is 0 Å². The van der Waals surface area contributed by atoms with Gasteiger partial charge in [0.1, 0.15) is 0 Å². The molecule has 0 radical (unpaired) electrons. The highest BCUT2D eigenvalue weighted by Crippen LogP contribution is 1.65. The van der Waals surface area contributed by atoms with Crippen molar-refractivity contribution in [2.75, 3.05) is 14.0 Å². The zero-order chi connectivity index (χ0) is 10.2. The zero-order valence-electron chi connectivity index (χ0n) is 8.93. The van der Waals surface area contributed by atoms with Crippen LogP contribution in [-0.4, -0.2) is 24.9 Å². The minimum absolute atomic E-state index is 0.319. The second-order valence-corrected chi connectivity index (χ2v) is 0.674. The van der Waals surface area contributed by atoms with Gasteiger partial charge in [0.2, 0.25) is 0 Å². The minimum atomic E-state index is -3.03. The predicted octanol–water partition coefficient (Wildman–Crippen LogP) is -0.373. The number of primary amides is 1. The van der Waals surface area contributed by atoms with Gasteiger partial charge in [0.25, 0.3) is 0 Å². The molecule has 2 N–H and O–H groups in total. The minimum Gasteiger partial charge on any atom is -0.352 e. The number of nitrogens with two attached hydrogens (primary N) is 1. The summed E-state index contributed by atoms with van der Waals surface area (Å²) < 4.78 is 40.0. The fourth-order valence-electron chi connectivity index (χ4n) is 0. The van der Waals surface area contributed by atoms with E-state index in [1.54, 1.807) is 0 Å². The Morgan fingerprint density at radius 2 is 2.50 bits per heavy atom. The van der Waals surface area contributed by atoms with E-state index in [1.807, 2.05) is 0 Å². The number of carbonyl (C=O) groups is 1. The van der Waals surface area contributed by atoms with E-state index in [2.05, 4.69) is 5.73 Å². The van der Waals surface area contributed by atoms with E-state index >= 15 is 0 Å². The molecule has 36 valence electrons. The molecule has 0 fully saturated rings. The van der Waals surface area contributed by atoms with Gasteiger partial charge < -0.3 is 10.6 Å². The molecule has 0 heterocycles. The molecule has 0 saturated heterocycles. The van der Waals surface area contributed by atoms with Gasteiger partial charge >= 0.3 is 6.03 Å². The first-order valence-corrected chi connectivity index (χ1v) is 1.16. The van der Waals surface area contributed by atoms with E-state index in [9.17, 15) is 4.79 Å². The van der Waals surface area contributed by atoms with Crippen LogP contribution in [0.1, 0.15) is 8.22 Å². The van der Waals surface area contributed by atoms with Gasteiger partial charge in [-0.25, -0.2) is 4.79 Å². The standard InChI is InChI=1S/C3H8N2O/c1-5(2)3(4)6/h1-2H3,(H2,4,6)/i1D3,2D3. The van der Waals surface area contributed by atoms with Gasteiger partial charge in [0.15, 0.2) is 0 Å². The summed E-state index contributed by atoms with van der Waals surface area (Å²) in [5.41, 5.74) is 4.58. The Bertz CT molecular complexity index is 168. The van der Waals surface area contributed by atoms with Gasteiger partial charge in [-0.1, -0.05) is 0 Å². The molecule has 0 aliphatic rings. The first-order chi connectivity index (χ1) is 5.07. The van der Waals surface area contributed by atoms with Crippen LogP contribution in [0.25, 0.3) is 0 Å². The maximum atomic E-state index is 10.4. The van der Waals surface area contributed by atoms with Gasteiger partial charge in [-0.2, -0.15) is 0 Å². The smallest absolute Gasteiger partial charge is 0.314 e. The van der Waals surface area contributed by atoms with Gasteiger partial charge in [-0.05, 0) is 0 Å². The number of carbonyl (C=O) groups excluding carboxylic acids is 1. The van der Waals surface area contributed by atoms with Gasteiger partial charge in [0, 0.05) is 22.2 Å². The molecule has 0 aromatic rings. The maximum Gasteiger partial charge on any atom is 0.314 e. The Kier molecular flexibility index (Phi) is 0.250. The fraction of sp³-hybridized carbons (Fsp3) is 0.667. The molecule has 0 bridgehead atoms. The quantitative estimate of drug-likeness (QED) is 0.437. The molecule has 0 aromatic carbocycles. The summed E-state index contributed by atoms with van der Waals surface area (Å²) in [7, 11) is 0. The van der Waals surface area contributed by atoms with Crippen LogP contribution < -0.4 is 5.73 Å². The molecule has 0 aromatic heterocycles. The van der Waals surface area contributed by atoms with Crippen molar-refractivity contribution in [1.82, 2.24) is 4.90 Å². The van der Waals surface area contributed by atoms with Crippen LogP contribution in [0.5, 0.6) is 0 Å². The third-order valence-electron chi connectivity index (χ3n) is 0.220. The summed E-state index contributed by atoms with van der Waals surface area (Å²) in [5.74, 6) is 0. The number of hydrogen-bond acceptors (Lipinski definition) is 1. The van der Waals surface area contributed by atoms with Gasteiger partial charge in [0.05, 0.1) is 0 Å². The number of hydrogen-bond donors (Lipinski definition) is 1. The van der Waals surface area contributed by atoms with Crippen molar-refractivity contribution in [3.05, 3.63) is 0 Å².